The van der Waals surface area contributed by atoms with Crippen LogP contribution in [0.4, 0.5) is 0 Å². The average molecular weight is 382 g/mol. The van der Waals surface area contributed by atoms with Crippen molar-refractivity contribution in [1.82, 2.24) is 15.5 Å². The maximum Gasteiger partial charge on any atom is 0.239 e. The molecule has 0 aliphatic carbocycles. The summed E-state index contributed by atoms with van der Waals surface area (Å²) >= 11 is 0. The van der Waals surface area contributed by atoms with Gasteiger partial charge in [0.1, 0.15) is 0 Å². The van der Waals surface area contributed by atoms with Gasteiger partial charge in [-0.15, -0.1) is 0 Å². The van der Waals surface area contributed by atoms with Gasteiger partial charge in [0.2, 0.25) is 11.8 Å². The number of hydrogen-bond donors (Lipinski definition) is 2. The van der Waals surface area contributed by atoms with Crippen LogP contribution in [-0.2, 0) is 16.0 Å². The van der Waals surface area contributed by atoms with Crippen molar-refractivity contribution < 1.29 is 9.59 Å². The van der Waals surface area contributed by atoms with Crippen LogP contribution in [0.25, 0.3) is 10.8 Å². The van der Waals surface area contributed by atoms with Crippen LogP contribution in [0, 0.1) is 5.92 Å². The van der Waals surface area contributed by atoms with E-state index in [1.54, 1.807) is 0 Å². The second-order valence-electron chi connectivity index (χ2n) is 8.07. The lowest BCUT2D eigenvalue weighted by atomic mass is 10.00. The summed E-state index contributed by atoms with van der Waals surface area (Å²) in [5, 5.41) is 7.94. The summed E-state index contributed by atoms with van der Waals surface area (Å²) in [5.74, 6) is 0.456. The van der Waals surface area contributed by atoms with Crippen molar-refractivity contribution in [3.63, 3.8) is 0 Å². The number of nitrogens with zero attached hydrogens (tertiary/aromatic N) is 1. The number of piperidine rings is 1. The Morgan fingerprint density at radius 3 is 2.75 bits per heavy atom. The molecule has 2 amide bonds. The number of benzene rings is 2. The zero-order chi connectivity index (χ0) is 19.9. The topological polar surface area (TPSA) is 61.4 Å². The van der Waals surface area contributed by atoms with Crippen molar-refractivity contribution in [2.75, 3.05) is 26.2 Å². The molecule has 5 heteroatoms. The van der Waals surface area contributed by atoms with Gasteiger partial charge in [-0.05, 0) is 48.6 Å². The first-order valence-corrected chi connectivity index (χ1v) is 10.3. The Kier molecular flexibility index (Phi) is 7.04. The molecule has 1 aliphatic rings. The predicted molar refractivity (Wildman–Crippen MR) is 113 cm³/mol. The number of carbonyl (C=O) groups is 2. The quantitative estimate of drug-likeness (QED) is 0.775. The molecular formula is C23H31N3O2. The molecule has 0 saturated carbocycles. The van der Waals surface area contributed by atoms with Gasteiger partial charge in [-0.1, -0.05) is 49.4 Å². The minimum Gasteiger partial charge on any atom is -0.351 e. The van der Waals surface area contributed by atoms with Gasteiger partial charge in [0.25, 0.3) is 0 Å². The van der Waals surface area contributed by atoms with Gasteiger partial charge in [0, 0.05) is 19.1 Å². The summed E-state index contributed by atoms with van der Waals surface area (Å²) in [7, 11) is 0. The molecule has 0 aromatic heterocycles. The van der Waals surface area contributed by atoms with Crippen LogP contribution in [-0.4, -0.2) is 48.9 Å². The van der Waals surface area contributed by atoms with Crippen LogP contribution in [0.5, 0.6) is 0 Å². The standard InChI is InChI=1S/C23H31N3O2/c1-17-7-6-12-26(15-17)16-18(2)25-23(28)14-24-22(27)13-20-10-5-9-19-8-3-4-11-21(19)20/h3-5,8-11,17-18H,6-7,12-16H2,1-2H3,(H,24,27)(H,25,28). The maximum absolute atomic E-state index is 12.3. The van der Waals surface area contributed by atoms with Crippen LogP contribution in [0.15, 0.2) is 42.5 Å². The van der Waals surface area contributed by atoms with E-state index >= 15 is 0 Å². The molecule has 1 heterocycles. The Balaban J connectivity index is 1.43. The van der Waals surface area contributed by atoms with Crippen molar-refractivity contribution >= 4 is 22.6 Å². The zero-order valence-electron chi connectivity index (χ0n) is 16.9. The lowest BCUT2D eigenvalue weighted by Gasteiger charge is -2.32. The Labute approximate surface area is 167 Å². The van der Waals surface area contributed by atoms with E-state index in [0.29, 0.717) is 0 Å². The van der Waals surface area contributed by atoms with E-state index in [1.165, 1.54) is 12.8 Å². The van der Waals surface area contributed by atoms with Gasteiger partial charge in [-0.2, -0.15) is 0 Å². The molecule has 1 saturated heterocycles. The van der Waals surface area contributed by atoms with Gasteiger partial charge >= 0.3 is 0 Å². The number of likely N-dealkylation sites (tertiary alicyclic amines) is 1. The van der Waals surface area contributed by atoms with Gasteiger partial charge in [-0.3, -0.25) is 9.59 Å². The summed E-state index contributed by atoms with van der Waals surface area (Å²) in [6, 6.07) is 14.1. The predicted octanol–water partition coefficient (Wildman–Crippen LogP) is 2.74. The van der Waals surface area contributed by atoms with Gasteiger partial charge < -0.3 is 15.5 Å². The van der Waals surface area contributed by atoms with Gasteiger partial charge in [0.15, 0.2) is 0 Å². The SMILES string of the molecule is CC1CCCN(CC(C)NC(=O)CNC(=O)Cc2cccc3ccccc23)C1. The Morgan fingerprint density at radius 1 is 1.14 bits per heavy atom. The molecule has 5 nitrogen and oxygen atoms in total. The van der Waals surface area contributed by atoms with Gasteiger partial charge in [0.05, 0.1) is 13.0 Å². The molecule has 2 aromatic carbocycles. The molecule has 0 spiro atoms. The van der Waals surface area contributed by atoms with Crippen LogP contribution in [0.3, 0.4) is 0 Å². The summed E-state index contributed by atoms with van der Waals surface area (Å²) < 4.78 is 0. The van der Waals surface area contributed by atoms with Crippen LogP contribution < -0.4 is 10.6 Å². The van der Waals surface area contributed by atoms with Crippen molar-refractivity contribution in [3.8, 4) is 0 Å². The fourth-order valence-electron chi connectivity index (χ4n) is 4.07. The molecule has 0 radical (unpaired) electrons. The van der Waals surface area contributed by atoms with Crippen molar-refractivity contribution in [1.29, 1.82) is 0 Å². The second-order valence-corrected chi connectivity index (χ2v) is 8.07. The van der Waals surface area contributed by atoms with E-state index in [4.69, 9.17) is 0 Å². The highest BCUT2D eigenvalue weighted by Gasteiger charge is 2.19. The zero-order valence-corrected chi connectivity index (χ0v) is 16.9. The van der Waals surface area contributed by atoms with E-state index in [9.17, 15) is 9.59 Å². The highest BCUT2D eigenvalue weighted by molar-refractivity contribution is 5.91. The summed E-state index contributed by atoms with van der Waals surface area (Å²) in [5.41, 5.74) is 0.976. The van der Waals surface area contributed by atoms with Crippen LogP contribution in [0.2, 0.25) is 0 Å². The molecule has 3 rings (SSSR count). The molecular weight excluding hydrogens is 350 g/mol. The molecule has 2 aromatic rings. The van der Waals surface area contributed by atoms with E-state index in [1.807, 2.05) is 49.4 Å². The molecule has 28 heavy (non-hydrogen) atoms. The molecule has 2 atom stereocenters. The molecule has 1 aliphatic heterocycles. The maximum atomic E-state index is 12.3. The van der Waals surface area contributed by atoms with E-state index in [0.717, 1.165) is 41.9 Å². The first-order chi connectivity index (χ1) is 13.5. The number of amides is 2. The number of fused-ring (bicyclic) bond motifs is 1. The Bertz CT molecular complexity index is 815. The highest BCUT2D eigenvalue weighted by Crippen LogP contribution is 2.19. The lowest BCUT2D eigenvalue weighted by molar-refractivity contribution is -0.126. The normalized spacial score (nSPS) is 18.6. The monoisotopic (exact) mass is 381 g/mol. The van der Waals surface area contributed by atoms with E-state index in [-0.39, 0.29) is 30.8 Å². The van der Waals surface area contributed by atoms with Crippen LogP contribution >= 0.6 is 0 Å². The molecule has 1 fully saturated rings. The van der Waals surface area contributed by atoms with Crippen molar-refractivity contribution in [3.05, 3.63) is 48.0 Å². The summed E-state index contributed by atoms with van der Waals surface area (Å²) in [6.07, 6.45) is 2.79. The van der Waals surface area contributed by atoms with E-state index in [2.05, 4.69) is 22.5 Å². The Hall–Kier alpha value is -2.40. The van der Waals surface area contributed by atoms with Gasteiger partial charge in [-0.25, -0.2) is 0 Å². The smallest absolute Gasteiger partial charge is 0.239 e. The third-order valence-electron chi connectivity index (χ3n) is 5.36. The minimum atomic E-state index is -0.135. The number of rotatable bonds is 7. The minimum absolute atomic E-state index is 0.0182. The van der Waals surface area contributed by atoms with Crippen molar-refractivity contribution in [2.45, 2.75) is 39.2 Å². The number of carbonyl (C=O) groups excluding carboxylic acids is 2. The highest BCUT2D eigenvalue weighted by atomic mass is 16.2. The fourth-order valence-corrected chi connectivity index (χ4v) is 4.07. The van der Waals surface area contributed by atoms with E-state index < -0.39 is 0 Å². The molecule has 150 valence electrons. The largest absolute Gasteiger partial charge is 0.351 e. The first-order valence-electron chi connectivity index (χ1n) is 10.3. The van der Waals surface area contributed by atoms with Crippen LogP contribution in [0.1, 0.15) is 32.3 Å². The molecule has 0 bridgehead atoms. The second kappa shape index (κ2) is 9.69. The third kappa shape index (κ3) is 5.80. The molecule has 2 N–H and O–H groups in total. The number of nitrogens with one attached hydrogen (secondary N) is 2. The molecule has 2 unspecified atom stereocenters. The number of hydrogen-bond acceptors (Lipinski definition) is 3. The third-order valence-corrected chi connectivity index (χ3v) is 5.36. The summed E-state index contributed by atoms with van der Waals surface area (Å²) in [4.78, 5) is 26.9. The van der Waals surface area contributed by atoms with Crippen molar-refractivity contribution in [2.24, 2.45) is 5.92 Å². The first kappa shape index (κ1) is 20.3. The fraction of sp³-hybridized carbons (Fsp3) is 0.478. The lowest BCUT2D eigenvalue weighted by Crippen LogP contribution is -2.47. The average Bonchev–Trinajstić information content (AvgIpc) is 2.66. The summed E-state index contributed by atoms with van der Waals surface area (Å²) in [6.45, 7) is 7.38. The Morgan fingerprint density at radius 2 is 1.93 bits per heavy atom.